The minimum absolute atomic E-state index is 0.0370. The van der Waals surface area contributed by atoms with E-state index in [-0.39, 0.29) is 42.4 Å². The van der Waals surface area contributed by atoms with Gasteiger partial charge in [0.25, 0.3) is 5.91 Å². The van der Waals surface area contributed by atoms with Crippen LogP contribution in [0.3, 0.4) is 0 Å². The molecule has 1 aromatic carbocycles. The zero-order valence-corrected chi connectivity index (χ0v) is 18.1. The van der Waals surface area contributed by atoms with Crippen LogP contribution in [-0.4, -0.2) is 54.6 Å². The van der Waals surface area contributed by atoms with Crippen molar-refractivity contribution in [1.29, 1.82) is 0 Å². The first kappa shape index (κ1) is 21.9. The summed E-state index contributed by atoms with van der Waals surface area (Å²) in [5.74, 6) is 0.617. The summed E-state index contributed by atoms with van der Waals surface area (Å²) in [5.41, 5.74) is 0.411. The van der Waals surface area contributed by atoms with Crippen molar-refractivity contribution in [2.24, 2.45) is 11.8 Å². The molecule has 2 heterocycles. The van der Waals surface area contributed by atoms with E-state index in [1.165, 1.54) is 0 Å². The number of carbonyl (C=O) groups is 3. The van der Waals surface area contributed by atoms with Gasteiger partial charge in [-0.15, -0.1) is 0 Å². The molecule has 1 fully saturated rings. The predicted octanol–water partition coefficient (Wildman–Crippen LogP) is 1.93. The number of piperidine rings is 1. The van der Waals surface area contributed by atoms with Gasteiger partial charge < -0.3 is 25.0 Å². The molecule has 3 rings (SSSR count). The van der Waals surface area contributed by atoms with Gasteiger partial charge in [-0.25, -0.2) is 0 Å². The molecule has 1 atom stereocenters. The Morgan fingerprint density at radius 3 is 2.30 bits per heavy atom. The summed E-state index contributed by atoms with van der Waals surface area (Å²) in [7, 11) is 0. The molecule has 1 saturated heterocycles. The maximum absolute atomic E-state index is 12.9. The van der Waals surface area contributed by atoms with Crippen LogP contribution in [0.25, 0.3) is 0 Å². The lowest BCUT2D eigenvalue weighted by atomic mass is 9.88. The molecule has 2 N–H and O–H groups in total. The summed E-state index contributed by atoms with van der Waals surface area (Å²) < 4.78 is 10.6. The number of rotatable bonds is 6. The van der Waals surface area contributed by atoms with Crippen LogP contribution >= 0.6 is 0 Å². The predicted molar refractivity (Wildman–Crippen MR) is 111 cm³/mol. The molecular weight excluding hydrogens is 386 g/mol. The number of hydrogen-bond donors (Lipinski definition) is 2. The normalized spacial score (nSPS) is 17.2. The highest BCUT2D eigenvalue weighted by atomic mass is 16.7. The number of hydrogen-bond acceptors (Lipinski definition) is 5. The van der Waals surface area contributed by atoms with Gasteiger partial charge in [-0.05, 0) is 50.8 Å². The summed E-state index contributed by atoms with van der Waals surface area (Å²) in [6, 6.07) is 4.27. The van der Waals surface area contributed by atoms with Crippen LogP contribution in [0, 0.1) is 11.8 Å². The number of likely N-dealkylation sites (tertiary alicyclic amines) is 1. The Balaban J connectivity index is 1.71. The molecule has 1 aromatic rings. The molecular formula is C22H31N3O5. The Hall–Kier alpha value is -2.77. The third-order valence-corrected chi connectivity index (χ3v) is 5.45. The monoisotopic (exact) mass is 417 g/mol. The zero-order valence-electron chi connectivity index (χ0n) is 18.1. The Labute approximate surface area is 177 Å². The van der Waals surface area contributed by atoms with E-state index in [4.69, 9.17) is 9.47 Å². The van der Waals surface area contributed by atoms with Crippen molar-refractivity contribution >= 4 is 17.7 Å². The molecule has 0 spiro atoms. The fraction of sp³-hybridized carbons (Fsp3) is 0.591. The highest BCUT2D eigenvalue weighted by Gasteiger charge is 2.34. The molecule has 164 valence electrons. The lowest BCUT2D eigenvalue weighted by Gasteiger charge is -2.36. The molecule has 0 saturated carbocycles. The molecule has 1 unspecified atom stereocenters. The van der Waals surface area contributed by atoms with Gasteiger partial charge >= 0.3 is 0 Å². The smallest absolute Gasteiger partial charge is 0.252 e. The molecule has 3 amide bonds. The second-order valence-electron chi connectivity index (χ2n) is 8.50. The number of carbonyl (C=O) groups excluding carboxylic acids is 3. The van der Waals surface area contributed by atoms with Gasteiger partial charge in [-0.1, -0.05) is 13.8 Å². The van der Waals surface area contributed by atoms with Crippen LogP contribution in [0.4, 0.5) is 0 Å². The first-order chi connectivity index (χ1) is 14.3. The number of benzene rings is 1. The largest absolute Gasteiger partial charge is 0.454 e. The molecule has 30 heavy (non-hydrogen) atoms. The molecule has 2 aliphatic rings. The first-order valence-electron chi connectivity index (χ1n) is 10.6. The fourth-order valence-corrected chi connectivity index (χ4v) is 3.85. The third-order valence-electron chi connectivity index (χ3n) is 5.45. The maximum atomic E-state index is 12.9. The van der Waals surface area contributed by atoms with Gasteiger partial charge in [0.2, 0.25) is 18.6 Å². The number of nitrogens with one attached hydrogen (secondary N) is 2. The molecule has 0 radical (unpaired) electrons. The van der Waals surface area contributed by atoms with E-state index in [0.717, 1.165) is 0 Å². The van der Waals surface area contributed by atoms with Crippen LogP contribution < -0.4 is 20.1 Å². The number of fused-ring (bicyclic) bond motifs is 1. The van der Waals surface area contributed by atoms with Crippen LogP contribution in [0.15, 0.2) is 18.2 Å². The summed E-state index contributed by atoms with van der Waals surface area (Å²) in [4.78, 5) is 39.9. The van der Waals surface area contributed by atoms with Crippen LogP contribution in [0.5, 0.6) is 11.5 Å². The van der Waals surface area contributed by atoms with Crippen molar-refractivity contribution < 1.29 is 23.9 Å². The van der Waals surface area contributed by atoms with Crippen molar-refractivity contribution in [2.45, 2.75) is 52.6 Å². The minimum atomic E-state index is -0.665. The van der Waals surface area contributed by atoms with Crippen molar-refractivity contribution in [2.75, 3.05) is 19.9 Å². The first-order valence-corrected chi connectivity index (χ1v) is 10.6. The Bertz CT molecular complexity index is 800. The second-order valence-corrected chi connectivity index (χ2v) is 8.50. The van der Waals surface area contributed by atoms with E-state index >= 15 is 0 Å². The van der Waals surface area contributed by atoms with Crippen molar-refractivity contribution in [3.63, 3.8) is 0 Å². The van der Waals surface area contributed by atoms with Gasteiger partial charge in [-0.3, -0.25) is 14.4 Å². The summed E-state index contributed by atoms with van der Waals surface area (Å²) >= 11 is 0. The number of amides is 3. The van der Waals surface area contributed by atoms with Crippen molar-refractivity contribution in [3.05, 3.63) is 23.8 Å². The molecule has 0 aliphatic carbocycles. The molecule has 8 heteroatoms. The average molecular weight is 418 g/mol. The van der Waals surface area contributed by atoms with E-state index in [1.807, 2.05) is 32.6 Å². The lowest BCUT2D eigenvalue weighted by molar-refractivity contribution is -0.136. The van der Waals surface area contributed by atoms with E-state index in [0.29, 0.717) is 43.0 Å². The minimum Gasteiger partial charge on any atom is -0.454 e. The quantitative estimate of drug-likeness (QED) is 0.737. The SMILES string of the molecule is CC(C)NC(=O)C(NC(=O)c1ccc2c(c1)OCO2)C1CCN(C(=O)C(C)C)CC1. The second kappa shape index (κ2) is 9.36. The van der Waals surface area contributed by atoms with Crippen LogP contribution in [-0.2, 0) is 9.59 Å². The molecule has 0 bridgehead atoms. The third kappa shape index (κ3) is 5.04. The standard InChI is InChI=1S/C22H31N3O5/c1-13(2)22(28)25-9-7-15(8-10-25)19(21(27)23-14(3)4)24-20(26)16-5-6-17-18(11-16)30-12-29-17/h5-6,11,13-15,19H,7-10,12H2,1-4H3,(H,23,27)(H,24,26). The zero-order chi connectivity index (χ0) is 21.8. The van der Waals surface area contributed by atoms with E-state index in [1.54, 1.807) is 18.2 Å². The van der Waals surface area contributed by atoms with Crippen LogP contribution in [0.2, 0.25) is 0 Å². The average Bonchev–Trinajstić information content (AvgIpc) is 3.18. The van der Waals surface area contributed by atoms with Crippen LogP contribution in [0.1, 0.15) is 50.9 Å². The van der Waals surface area contributed by atoms with E-state index in [9.17, 15) is 14.4 Å². The number of nitrogens with zero attached hydrogens (tertiary/aromatic N) is 1. The van der Waals surface area contributed by atoms with Gasteiger partial charge in [0.15, 0.2) is 11.5 Å². The topological polar surface area (TPSA) is 97.0 Å². The van der Waals surface area contributed by atoms with Crippen molar-refractivity contribution in [3.8, 4) is 11.5 Å². The van der Waals surface area contributed by atoms with Gasteiger partial charge in [0.05, 0.1) is 0 Å². The molecule has 0 aromatic heterocycles. The lowest BCUT2D eigenvalue weighted by Crippen LogP contribution is -2.55. The molecule has 2 aliphatic heterocycles. The summed E-state index contributed by atoms with van der Waals surface area (Å²) in [6.45, 7) is 8.86. The van der Waals surface area contributed by atoms with E-state index in [2.05, 4.69) is 10.6 Å². The fourth-order valence-electron chi connectivity index (χ4n) is 3.85. The highest BCUT2D eigenvalue weighted by Crippen LogP contribution is 2.32. The van der Waals surface area contributed by atoms with Gasteiger partial charge in [-0.2, -0.15) is 0 Å². The van der Waals surface area contributed by atoms with Gasteiger partial charge in [0.1, 0.15) is 6.04 Å². The van der Waals surface area contributed by atoms with Crippen molar-refractivity contribution in [1.82, 2.24) is 15.5 Å². The molecule has 8 nitrogen and oxygen atoms in total. The maximum Gasteiger partial charge on any atom is 0.252 e. The highest BCUT2D eigenvalue weighted by molar-refractivity contribution is 5.98. The van der Waals surface area contributed by atoms with Gasteiger partial charge in [0, 0.05) is 30.6 Å². The summed E-state index contributed by atoms with van der Waals surface area (Å²) in [5, 5.41) is 5.83. The Morgan fingerprint density at radius 2 is 1.67 bits per heavy atom. The van der Waals surface area contributed by atoms with E-state index < -0.39 is 6.04 Å². The Kier molecular flexibility index (Phi) is 6.84. The number of ether oxygens (including phenoxy) is 2. The Morgan fingerprint density at radius 1 is 1.00 bits per heavy atom. The summed E-state index contributed by atoms with van der Waals surface area (Å²) in [6.07, 6.45) is 1.33.